The third-order valence-corrected chi connectivity index (χ3v) is 7.39. The van der Waals surface area contributed by atoms with Gasteiger partial charge in [0.15, 0.2) is 0 Å². The maximum atomic E-state index is 13.8. The van der Waals surface area contributed by atoms with Crippen LogP contribution in [-0.2, 0) is 16.0 Å². The number of fused-ring (bicyclic) bond motifs is 2. The lowest BCUT2D eigenvalue weighted by atomic mass is 9.98. The van der Waals surface area contributed by atoms with E-state index in [1.807, 2.05) is 60.0 Å². The summed E-state index contributed by atoms with van der Waals surface area (Å²) in [6.45, 7) is 6.24. The number of carbonyl (C=O) groups is 2. The van der Waals surface area contributed by atoms with Crippen molar-refractivity contribution in [1.29, 1.82) is 0 Å². The molecule has 9 heteroatoms. The Kier molecular flexibility index (Phi) is 6.41. The predicted octanol–water partition coefficient (Wildman–Crippen LogP) is 2.75. The first-order valence-electron chi connectivity index (χ1n) is 12.8. The van der Waals surface area contributed by atoms with Crippen molar-refractivity contribution in [3.05, 3.63) is 70.3 Å². The number of piperidine rings is 1. The minimum Gasteiger partial charge on any atom is -0.358 e. The number of benzene rings is 2. The van der Waals surface area contributed by atoms with E-state index >= 15 is 0 Å². The number of para-hydroxylation sites is 3. The van der Waals surface area contributed by atoms with Gasteiger partial charge in [-0.3, -0.25) is 14.2 Å². The summed E-state index contributed by atoms with van der Waals surface area (Å²) in [6.07, 6.45) is 1.67. The number of hydrogen-bond donors (Lipinski definition) is 4. The molecule has 0 unspecified atom stereocenters. The lowest BCUT2D eigenvalue weighted by molar-refractivity contribution is -0.138. The smallest absolute Gasteiger partial charge is 0.326 e. The van der Waals surface area contributed by atoms with Gasteiger partial charge in [-0.15, -0.1) is 0 Å². The number of rotatable bonds is 6. The molecule has 1 fully saturated rings. The van der Waals surface area contributed by atoms with E-state index in [1.165, 1.54) is 0 Å². The molecule has 194 valence electrons. The second-order valence-corrected chi connectivity index (χ2v) is 10.6. The van der Waals surface area contributed by atoms with Crippen molar-refractivity contribution >= 4 is 33.8 Å². The summed E-state index contributed by atoms with van der Waals surface area (Å²) in [5.74, 6) is -0.504. The second-order valence-electron chi connectivity index (χ2n) is 10.6. The van der Waals surface area contributed by atoms with Crippen LogP contribution in [0.25, 0.3) is 21.9 Å². The monoisotopic (exact) mass is 502 g/mol. The van der Waals surface area contributed by atoms with Gasteiger partial charge >= 0.3 is 5.69 Å². The Morgan fingerprint density at radius 3 is 2.41 bits per heavy atom. The lowest BCUT2D eigenvalue weighted by Gasteiger charge is -2.35. The van der Waals surface area contributed by atoms with Crippen LogP contribution in [-0.4, -0.2) is 55.9 Å². The summed E-state index contributed by atoms with van der Waals surface area (Å²) in [6, 6.07) is 14.9. The Hall–Kier alpha value is -3.85. The highest BCUT2D eigenvalue weighted by Crippen LogP contribution is 2.27. The van der Waals surface area contributed by atoms with Crippen LogP contribution in [0.15, 0.2) is 53.3 Å². The molecule has 4 aromatic rings. The molecule has 2 aromatic carbocycles. The molecule has 5 rings (SSSR count). The summed E-state index contributed by atoms with van der Waals surface area (Å²) in [7, 11) is 0. The summed E-state index contributed by atoms with van der Waals surface area (Å²) in [5, 5.41) is 3.97. The fraction of sp³-hybridized carbons (Fsp3) is 0.393. The molecule has 9 nitrogen and oxygen atoms in total. The summed E-state index contributed by atoms with van der Waals surface area (Å²) in [5.41, 5.74) is 9.47. The molecule has 0 aliphatic carbocycles. The number of aryl methyl sites for hydroxylation is 1. The summed E-state index contributed by atoms with van der Waals surface area (Å²) < 4.78 is 1.81. The second kappa shape index (κ2) is 9.55. The molecule has 2 amide bonds. The van der Waals surface area contributed by atoms with Crippen molar-refractivity contribution in [1.82, 2.24) is 24.8 Å². The number of nitrogens with one attached hydrogen (secondary N) is 3. The zero-order valence-corrected chi connectivity index (χ0v) is 21.5. The highest BCUT2D eigenvalue weighted by Gasteiger charge is 2.34. The first-order chi connectivity index (χ1) is 17.6. The number of aromatic amines is 2. The zero-order chi connectivity index (χ0) is 26.3. The Bertz CT molecular complexity index is 1510. The molecule has 0 saturated carbocycles. The van der Waals surface area contributed by atoms with Crippen LogP contribution in [0, 0.1) is 6.92 Å². The highest BCUT2D eigenvalue weighted by atomic mass is 16.2. The SMILES string of the molecule is Cc1[nH]c2ccccc2c1C[C@@H](NC(=O)C(C)(C)N)C(=O)N1CCC(n2c(=O)[nH]c3ccccc32)CC1. The van der Waals surface area contributed by atoms with E-state index in [0.29, 0.717) is 32.4 Å². The third kappa shape index (κ3) is 4.79. The Labute approximate surface area is 215 Å². The van der Waals surface area contributed by atoms with Crippen molar-refractivity contribution in [2.75, 3.05) is 13.1 Å². The fourth-order valence-electron chi connectivity index (χ4n) is 5.35. The lowest BCUT2D eigenvalue weighted by Crippen LogP contribution is -2.57. The van der Waals surface area contributed by atoms with Gasteiger partial charge in [-0.2, -0.15) is 0 Å². The van der Waals surface area contributed by atoms with E-state index in [4.69, 9.17) is 5.73 Å². The quantitative estimate of drug-likeness (QED) is 0.323. The number of aromatic nitrogens is 3. The number of imidazole rings is 1. The molecule has 1 aliphatic heterocycles. The van der Waals surface area contributed by atoms with E-state index < -0.39 is 11.6 Å². The Balaban J connectivity index is 1.37. The van der Waals surface area contributed by atoms with Crippen LogP contribution in [0.4, 0.5) is 0 Å². The summed E-state index contributed by atoms with van der Waals surface area (Å²) in [4.78, 5) is 47.4. The molecular formula is C28H34N6O3. The van der Waals surface area contributed by atoms with Crippen molar-refractivity contribution in [2.24, 2.45) is 5.73 Å². The van der Waals surface area contributed by atoms with Gasteiger partial charge in [0.25, 0.3) is 0 Å². The maximum absolute atomic E-state index is 13.8. The van der Waals surface area contributed by atoms with Gasteiger partial charge in [0.2, 0.25) is 11.8 Å². The first kappa shape index (κ1) is 24.8. The van der Waals surface area contributed by atoms with E-state index in [1.54, 1.807) is 18.7 Å². The molecule has 0 spiro atoms. The normalized spacial score (nSPS) is 15.8. The summed E-state index contributed by atoms with van der Waals surface area (Å²) >= 11 is 0. The predicted molar refractivity (Wildman–Crippen MR) is 144 cm³/mol. The first-order valence-corrected chi connectivity index (χ1v) is 12.8. The molecule has 37 heavy (non-hydrogen) atoms. The van der Waals surface area contributed by atoms with E-state index in [-0.39, 0.29) is 23.5 Å². The Morgan fingerprint density at radius 2 is 1.70 bits per heavy atom. The van der Waals surface area contributed by atoms with E-state index in [0.717, 1.165) is 33.2 Å². The third-order valence-electron chi connectivity index (χ3n) is 7.39. The van der Waals surface area contributed by atoms with Gasteiger partial charge in [0, 0.05) is 42.1 Å². The van der Waals surface area contributed by atoms with E-state index in [9.17, 15) is 14.4 Å². The standard InChI is InChI=1S/C28H34N6O3/c1-17-20(19-8-4-5-9-21(19)30-17)16-23(31-26(36)28(2,3)29)25(35)33-14-12-18(13-15-33)34-24-11-7-6-10-22(24)32-27(34)37/h4-11,18,23,30H,12-16,29H2,1-3H3,(H,31,36)(H,32,37)/t23-/m1/s1. The van der Waals surface area contributed by atoms with Crippen molar-refractivity contribution in [2.45, 2.75) is 57.7 Å². The van der Waals surface area contributed by atoms with Gasteiger partial charge in [0.05, 0.1) is 16.6 Å². The molecule has 3 heterocycles. The number of carbonyl (C=O) groups excluding carboxylic acids is 2. The number of hydrogen-bond acceptors (Lipinski definition) is 4. The molecular weight excluding hydrogens is 468 g/mol. The average Bonchev–Trinajstić information content (AvgIpc) is 3.37. The van der Waals surface area contributed by atoms with Gasteiger partial charge in [-0.05, 0) is 57.4 Å². The minimum absolute atomic E-state index is 0.000391. The maximum Gasteiger partial charge on any atom is 0.326 e. The van der Waals surface area contributed by atoms with Crippen molar-refractivity contribution in [3.8, 4) is 0 Å². The van der Waals surface area contributed by atoms with Crippen LogP contribution in [0.1, 0.15) is 44.0 Å². The molecule has 5 N–H and O–H groups in total. The fourth-order valence-corrected chi connectivity index (χ4v) is 5.35. The number of nitrogens with two attached hydrogens (primary N) is 1. The number of nitrogens with zero attached hydrogens (tertiary/aromatic N) is 2. The molecule has 2 aromatic heterocycles. The molecule has 1 atom stereocenters. The van der Waals surface area contributed by atoms with Gasteiger partial charge in [-0.1, -0.05) is 30.3 Å². The minimum atomic E-state index is -1.11. The number of H-pyrrole nitrogens is 2. The highest BCUT2D eigenvalue weighted by molar-refractivity contribution is 5.93. The molecule has 0 radical (unpaired) electrons. The number of likely N-dealkylation sites (tertiary alicyclic amines) is 1. The molecule has 0 bridgehead atoms. The van der Waals surface area contributed by atoms with Crippen LogP contribution in [0.3, 0.4) is 0 Å². The largest absolute Gasteiger partial charge is 0.358 e. The van der Waals surface area contributed by atoms with E-state index in [2.05, 4.69) is 15.3 Å². The number of amides is 2. The van der Waals surface area contributed by atoms with Gasteiger partial charge in [0.1, 0.15) is 6.04 Å². The topological polar surface area (TPSA) is 129 Å². The average molecular weight is 503 g/mol. The molecule has 1 aliphatic rings. The van der Waals surface area contributed by atoms with Crippen LogP contribution in [0.5, 0.6) is 0 Å². The zero-order valence-electron chi connectivity index (χ0n) is 21.5. The van der Waals surface area contributed by atoms with Crippen LogP contribution >= 0.6 is 0 Å². The van der Waals surface area contributed by atoms with Gasteiger partial charge < -0.3 is 25.9 Å². The van der Waals surface area contributed by atoms with Crippen LogP contribution < -0.4 is 16.7 Å². The van der Waals surface area contributed by atoms with Crippen molar-refractivity contribution < 1.29 is 9.59 Å². The molecule has 1 saturated heterocycles. The Morgan fingerprint density at radius 1 is 1.05 bits per heavy atom. The van der Waals surface area contributed by atoms with Gasteiger partial charge in [-0.25, -0.2) is 4.79 Å². The van der Waals surface area contributed by atoms with Crippen molar-refractivity contribution in [3.63, 3.8) is 0 Å². The van der Waals surface area contributed by atoms with Crippen LogP contribution in [0.2, 0.25) is 0 Å².